The number of carbonyl (C=O) groups excluding carboxylic acids is 2. The van der Waals surface area contributed by atoms with Gasteiger partial charge in [-0.1, -0.05) is 12.1 Å². The number of rotatable bonds is 8. The number of carbonyl (C=O) groups is 2. The first-order valence-corrected chi connectivity index (χ1v) is 6.34. The van der Waals surface area contributed by atoms with Crippen molar-refractivity contribution in [1.82, 2.24) is 5.32 Å². The molecule has 1 N–H and O–H groups in total. The summed E-state index contributed by atoms with van der Waals surface area (Å²) >= 11 is 0. The van der Waals surface area contributed by atoms with Crippen LogP contribution >= 0.6 is 0 Å². The summed E-state index contributed by atoms with van der Waals surface area (Å²) in [6.07, 6.45) is 1.51. The summed E-state index contributed by atoms with van der Waals surface area (Å²) in [6, 6.07) is 5.33. The van der Waals surface area contributed by atoms with Crippen LogP contribution in [-0.2, 0) is 20.9 Å². The molecule has 0 heterocycles. The van der Waals surface area contributed by atoms with Crippen molar-refractivity contribution in [2.45, 2.75) is 13.0 Å². The van der Waals surface area contributed by atoms with Gasteiger partial charge in [-0.15, -0.1) is 6.58 Å². The van der Waals surface area contributed by atoms with Crippen LogP contribution in [0.1, 0.15) is 12.0 Å². The summed E-state index contributed by atoms with van der Waals surface area (Å²) in [6.45, 7) is 3.41. The highest BCUT2D eigenvalue weighted by atomic mass is 16.5. The third kappa shape index (κ3) is 5.56. The molecule has 0 saturated carbocycles. The van der Waals surface area contributed by atoms with Gasteiger partial charge in [0, 0.05) is 6.54 Å². The predicted octanol–water partition coefficient (Wildman–Crippen LogP) is 1.44. The van der Waals surface area contributed by atoms with E-state index in [1.807, 2.05) is 6.07 Å². The van der Waals surface area contributed by atoms with E-state index >= 15 is 0 Å². The zero-order valence-electron chi connectivity index (χ0n) is 12.2. The molecule has 1 amide bonds. The van der Waals surface area contributed by atoms with Gasteiger partial charge < -0.3 is 19.5 Å². The van der Waals surface area contributed by atoms with Crippen LogP contribution in [0.25, 0.3) is 0 Å². The monoisotopic (exact) mass is 293 g/mol. The number of ether oxygens (including phenoxy) is 3. The van der Waals surface area contributed by atoms with Gasteiger partial charge in [-0.2, -0.15) is 0 Å². The van der Waals surface area contributed by atoms with Crippen molar-refractivity contribution >= 4 is 11.9 Å². The molecule has 0 radical (unpaired) electrons. The molecule has 0 spiro atoms. The maximum Gasteiger partial charge on any atom is 0.310 e. The molecule has 0 bridgehead atoms. The van der Waals surface area contributed by atoms with E-state index in [1.165, 1.54) is 6.08 Å². The van der Waals surface area contributed by atoms with Crippen LogP contribution < -0.4 is 14.8 Å². The predicted molar refractivity (Wildman–Crippen MR) is 77.2 cm³/mol. The van der Waals surface area contributed by atoms with E-state index in [1.54, 1.807) is 26.4 Å². The lowest BCUT2D eigenvalue weighted by molar-refractivity contribution is -0.147. The first-order valence-electron chi connectivity index (χ1n) is 6.34. The maximum absolute atomic E-state index is 11.5. The zero-order chi connectivity index (χ0) is 15.7. The fourth-order valence-corrected chi connectivity index (χ4v) is 1.57. The lowest BCUT2D eigenvalue weighted by Gasteiger charge is -2.10. The average Bonchev–Trinajstić information content (AvgIpc) is 2.50. The first-order chi connectivity index (χ1) is 10.1. The fourth-order valence-electron chi connectivity index (χ4n) is 1.57. The number of hydrogen-bond acceptors (Lipinski definition) is 5. The molecule has 6 nitrogen and oxygen atoms in total. The van der Waals surface area contributed by atoms with Crippen LogP contribution in [0.2, 0.25) is 0 Å². The molecule has 0 fully saturated rings. The number of benzene rings is 1. The van der Waals surface area contributed by atoms with Gasteiger partial charge in [0.2, 0.25) is 0 Å². The standard InChI is InChI=1S/C15H19NO5/c1-4-5-15(18)21-10-14(17)16-9-11-6-7-12(19-2)13(8-11)20-3/h4,6-8H,1,5,9-10H2,2-3H3,(H,16,17). The Balaban J connectivity index is 2.46. The Bertz CT molecular complexity index is 513. The molecule has 0 saturated heterocycles. The number of amides is 1. The van der Waals surface area contributed by atoms with Crippen molar-refractivity contribution in [3.8, 4) is 11.5 Å². The van der Waals surface area contributed by atoms with Crippen LogP contribution in [0.5, 0.6) is 11.5 Å². The minimum absolute atomic E-state index is 0.0863. The second-order valence-electron chi connectivity index (χ2n) is 4.12. The Kier molecular flexibility index (Phi) is 6.80. The second-order valence-corrected chi connectivity index (χ2v) is 4.12. The molecule has 0 aliphatic rings. The molecule has 114 valence electrons. The largest absolute Gasteiger partial charge is 0.493 e. The number of esters is 1. The van der Waals surface area contributed by atoms with Crippen molar-refractivity contribution < 1.29 is 23.8 Å². The van der Waals surface area contributed by atoms with E-state index in [-0.39, 0.29) is 18.9 Å². The normalized spacial score (nSPS) is 9.62. The zero-order valence-corrected chi connectivity index (χ0v) is 12.2. The van der Waals surface area contributed by atoms with Crippen molar-refractivity contribution in [2.24, 2.45) is 0 Å². The minimum Gasteiger partial charge on any atom is -0.493 e. The molecule has 1 rings (SSSR count). The van der Waals surface area contributed by atoms with Gasteiger partial charge in [0.05, 0.1) is 20.6 Å². The Hall–Kier alpha value is -2.50. The lowest BCUT2D eigenvalue weighted by Crippen LogP contribution is -2.28. The van der Waals surface area contributed by atoms with Gasteiger partial charge in [0.25, 0.3) is 5.91 Å². The molecule has 0 aliphatic carbocycles. The van der Waals surface area contributed by atoms with Crippen molar-refractivity contribution in [3.63, 3.8) is 0 Å². The average molecular weight is 293 g/mol. The third-order valence-electron chi connectivity index (χ3n) is 2.61. The number of nitrogens with one attached hydrogen (secondary N) is 1. The van der Waals surface area contributed by atoms with Crippen molar-refractivity contribution in [1.29, 1.82) is 0 Å². The summed E-state index contributed by atoms with van der Waals surface area (Å²) in [7, 11) is 3.09. The Labute approximate surface area is 123 Å². The topological polar surface area (TPSA) is 73.9 Å². The first kappa shape index (κ1) is 16.6. The highest BCUT2D eigenvalue weighted by molar-refractivity contribution is 5.80. The van der Waals surface area contributed by atoms with Crippen molar-refractivity contribution in [2.75, 3.05) is 20.8 Å². The highest BCUT2D eigenvalue weighted by Gasteiger charge is 2.08. The molecule has 0 atom stereocenters. The highest BCUT2D eigenvalue weighted by Crippen LogP contribution is 2.27. The lowest BCUT2D eigenvalue weighted by atomic mass is 10.2. The van der Waals surface area contributed by atoms with E-state index in [0.29, 0.717) is 18.0 Å². The quantitative estimate of drug-likeness (QED) is 0.580. The molecule has 0 aliphatic heterocycles. The minimum atomic E-state index is -0.480. The van der Waals surface area contributed by atoms with E-state index in [4.69, 9.17) is 14.2 Å². The van der Waals surface area contributed by atoms with E-state index in [2.05, 4.69) is 11.9 Å². The molecule has 1 aromatic carbocycles. The summed E-state index contributed by atoms with van der Waals surface area (Å²) < 4.78 is 15.0. The summed E-state index contributed by atoms with van der Waals surface area (Å²) in [4.78, 5) is 22.6. The molecule has 0 aromatic heterocycles. The number of methoxy groups -OCH3 is 2. The van der Waals surface area contributed by atoms with Gasteiger partial charge in [-0.3, -0.25) is 9.59 Å². The van der Waals surface area contributed by atoms with Gasteiger partial charge in [-0.05, 0) is 17.7 Å². The molecule has 21 heavy (non-hydrogen) atoms. The summed E-state index contributed by atoms with van der Waals surface area (Å²) in [5, 5.41) is 2.65. The van der Waals surface area contributed by atoms with Gasteiger partial charge in [0.15, 0.2) is 18.1 Å². The molecule has 6 heteroatoms. The smallest absolute Gasteiger partial charge is 0.310 e. The summed E-state index contributed by atoms with van der Waals surface area (Å²) in [5.74, 6) is 0.348. The van der Waals surface area contributed by atoms with E-state index in [0.717, 1.165) is 5.56 Å². The summed E-state index contributed by atoms with van der Waals surface area (Å²) in [5.41, 5.74) is 0.846. The van der Waals surface area contributed by atoms with Crippen LogP contribution in [0.15, 0.2) is 30.9 Å². The van der Waals surface area contributed by atoms with Crippen LogP contribution in [-0.4, -0.2) is 32.7 Å². The fraction of sp³-hybridized carbons (Fsp3) is 0.333. The third-order valence-corrected chi connectivity index (χ3v) is 2.61. The molecule has 0 unspecified atom stereocenters. The molecular weight excluding hydrogens is 274 g/mol. The van der Waals surface area contributed by atoms with Crippen molar-refractivity contribution in [3.05, 3.63) is 36.4 Å². The molecule has 1 aromatic rings. The second kappa shape index (κ2) is 8.63. The van der Waals surface area contributed by atoms with E-state index in [9.17, 15) is 9.59 Å². The van der Waals surface area contributed by atoms with Crippen LogP contribution in [0.3, 0.4) is 0 Å². The van der Waals surface area contributed by atoms with Gasteiger partial charge in [-0.25, -0.2) is 0 Å². The van der Waals surface area contributed by atoms with Crippen LogP contribution in [0.4, 0.5) is 0 Å². The molecular formula is C15H19NO5. The van der Waals surface area contributed by atoms with E-state index < -0.39 is 5.97 Å². The number of hydrogen-bond donors (Lipinski definition) is 1. The SMILES string of the molecule is C=CCC(=O)OCC(=O)NCc1ccc(OC)c(OC)c1. The Morgan fingerprint density at radius 3 is 2.57 bits per heavy atom. The maximum atomic E-state index is 11.5. The van der Waals surface area contributed by atoms with Crippen LogP contribution in [0, 0.1) is 0 Å². The van der Waals surface area contributed by atoms with Gasteiger partial charge in [0.1, 0.15) is 0 Å². The Morgan fingerprint density at radius 1 is 1.24 bits per heavy atom. The van der Waals surface area contributed by atoms with Gasteiger partial charge >= 0.3 is 5.97 Å². The Morgan fingerprint density at radius 2 is 1.95 bits per heavy atom.